The van der Waals surface area contributed by atoms with Gasteiger partial charge in [0.2, 0.25) is 0 Å². The molecule has 2 nitrogen and oxygen atoms in total. The molecule has 5 heteroatoms. The maximum absolute atomic E-state index is 12.7. The molecule has 1 N–H and O–H groups in total. The fraction of sp³-hybridized carbons (Fsp3) is 0.0500. The molecule has 0 spiro atoms. The quantitative estimate of drug-likeness (QED) is 0.642. The molecule has 0 bridgehead atoms. The maximum Gasteiger partial charge on any atom is 0.454 e. The average Bonchev–Trinajstić information content (AvgIpc) is 2.61. The van der Waals surface area contributed by atoms with Crippen LogP contribution in [0.1, 0.15) is 5.56 Å². The lowest BCUT2D eigenvalue weighted by molar-refractivity contribution is -0.165. The first-order valence-electron chi connectivity index (χ1n) is 7.58. The van der Waals surface area contributed by atoms with Gasteiger partial charge in [-0.05, 0) is 17.0 Å². The van der Waals surface area contributed by atoms with E-state index in [1.54, 1.807) is 42.5 Å². The highest BCUT2D eigenvalue weighted by Gasteiger charge is 2.36. The first-order chi connectivity index (χ1) is 11.9. The van der Waals surface area contributed by atoms with Crippen molar-refractivity contribution in [1.82, 2.24) is 0 Å². The molecule has 0 aliphatic rings. The monoisotopic (exact) mass is 341 g/mol. The second-order valence-corrected chi connectivity index (χ2v) is 5.44. The van der Waals surface area contributed by atoms with Crippen molar-refractivity contribution in [3.8, 4) is 0 Å². The Morgan fingerprint density at radius 1 is 0.840 bits per heavy atom. The second kappa shape index (κ2) is 6.81. The minimum absolute atomic E-state index is 0.0966. The Kier molecular flexibility index (Phi) is 4.57. The van der Waals surface area contributed by atoms with Crippen LogP contribution in [-0.2, 0) is 4.79 Å². The third kappa shape index (κ3) is 3.88. The van der Waals surface area contributed by atoms with Crippen molar-refractivity contribution in [3.63, 3.8) is 0 Å². The number of hydrogen-bond acceptors (Lipinski definition) is 2. The van der Waals surface area contributed by atoms with Crippen LogP contribution >= 0.6 is 0 Å². The predicted molar refractivity (Wildman–Crippen MR) is 93.1 cm³/mol. The van der Waals surface area contributed by atoms with Crippen LogP contribution in [0.2, 0.25) is 0 Å². The molecule has 126 valence electrons. The zero-order valence-corrected chi connectivity index (χ0v) is 13.0. The number of hydrogen-bond donors (Lipinski definition) is 1. The Bertz CT molecular complexity index is 925. The van der Waals surface area contributed by atoms with Crippen LogP contribution < -0.4 is 5.32 Å². The molecule has 0 heterocycles. The van der Waals surface area contributed by atoms with E-state index in [4.69, 9.17) is 0 Å². The zero-order chi connectivity index (χ0) is 17.9. The molecular formula is C20H14F3NO. The molecule has 0 aliphatic heterocycles. The van der Waals surface area contributed by atoms with Crippen LogP contribution in [0.3, 0.4) is 0 Å². The Balaban J connectivity index is 2.06. The SMILES string of the molecule is O=C(/C=C(\Nc1cccc2ccccc12)c1ccccc1)C(F)(F)F. The first kappa shape index (κ1) is 16.8. The summed E-state index contributed by atoms with van der Waals surface area (Å²) < 4.78 is 38.1. The van der Waals surface area contributed by atoms with Crippen molar-refractivity contribution in [3.05, 3.63) is 84.4 Å². The topological polar surface area (TPSA) is 29.1 Å². The fourth-order valence-corrected chi connectivity index (χ4v) is 2.50. The third-order valence-electron chi connectivity index (χ3n) is 3.70. The molecule has 0 amide bonds. The molecule has 3 aromatic rings. The van der Waals surface area contributed by atoms with Crippen molar-refractivity contribution in [2.24, 2.45) is 0 Å². The van der Waals surface area contributed by atoms with Crippen molar-refractivity contribution in [2.45, 2.75) is 6.18 Å². The summed E-state index contributed by atoms with van der Waals surface area (Å²) >= 11 is 0. The average molecular weight is 341 g/mol. The smallest absolute Gasteiger partial charge is 0.354 e. The van der Waals surface area contributed by atoms with Gasteiger partial charge in [0.05, 0.1) is 0 Å². The van der Waals surface area contributed by atoms with Crippen LogP contribution in [-0.4, -0.2) is 12.0 Å². The minimum Gasteiger partial charge on any atom is -0.354 e. The van der Waals surface area contributed by atoms with Gasteiger partial charge >= 0.3 is 6.18 Å². The van der Waals surface area contributed by atoms with Gasteiger partial charge in [-0.15, -0.1) is 0 Å². The minimum atomic E-state index is -4.92. The number of alkyl halides is 3. The second-order valence-electron chi connectivity index (χ2n) is 5.44. The third-order valence-corrected chi connectivity index (χ3v) is 3.70. The largest absolute Gasteiger partial charge is 0.454 e. The summed E-state index contributed by atoms with van der Waals surface area (Å²) in [6.07, 6.45) is -4.32. The lowest BCUT2D eigenvalue weighted by atomic mass is 10.1. The molecule has 0 saturated heterocycles. The van der Waals surface area contributed by atoms with E-state index in [-0.39, 0.29) is 5.70 Å². The van der Waals surface area contributed by atoms with Crippen LogP contribution in [0, 0.1) is 0 Å². The Morgan fingerprint density at radius 2 is 1.48 bits per heavy atom. The highest BCUT2D eigenvalue weighted by atomic mass is 19.4. The van der Waals surface area contributed by atoms with Gasteiger partial charge < -0.3 is 5.32 Å². The van der Waals surface area contributed by atoms with E-state index in [2.05, 4.69) is 5.32 Å². The number of benzene rings is 3. The summed E-state index contributed by atoms with van der Waals surface area (Å²) in [5.41, 5.74) is 1.22. The summed E-state index contributed by atoms with van der Waals surface area (Å²) in [4.78, 5) is 11.5. The van der Waals surface area contributed by atoms with E-state index < -0.39 is 12.0 Å². The number of halogens is 3. The molecule has 0 radical (unpaired) electrons. The van der Waals surface area contributed by atoms with Gasteiger partial charge in [0.1, 0.15) is 0 Å². The number of ketones is 1. The predicted octanol–water partition coefficient (Wildman–Crippen LogP) is 5.42. The Hall–Kier alpha value is -3.08. The van der Waals surface area contributed by atoms with Gasteiger partial charge in [-0.2, -0.15) is 13.2 Å². The summed E-state index contributed by atoms with van der Waals surface area (Å²) in [5, 5.41) is 4.78. The highest BCUT2D eigenvalue weighted by molar-refractivity contribution is 6.04. The van der Waals surface area contributed by atoms with Gasteiger partial charge in [0.15, 0.2) is 0 Å². The van der Waals surface area contributed by atoms with Gasteiger partial charge in [-0.25, -0.2) is 0 Å². The van der Waals surface area contributed by atoms with Crippen molar-refractivity contribution in [1.29, 1.82) is 0 Å². The standard InChI is InChI=1S/C20H14F3NO/c21-20(22,23)19(25)13-18(15-8-2-1-3-9-15)24-17-12-6-10-14-7-4-5-11-16(14)17/h1-13,24H/b18-13-. The summed E-state index contributed by atoms with van der Waals surface area (Å²) in [6.45, 7) is 0. The highest BCUT2D eigenvalue weighted by Crippen LogP contribution is 2.28. The molecule has 0 aliphatic carbocycles. The number of anilines is 1. The van der Waals surface area contributed by atoms with E-state index in [1.807, 2.05) is 30.3 Å². The zero-order valence-electron chi connectivity index (χ0n) is 13.0. The lowest BCUT2D eigenvalue weighted by Gasteiger charge is -2.14. The molecule has 3 aromatic carbocycles. The molecule has 3 rings (SSSR count). The lowest BCUT2D eigenvalue weighted by Crippen LogP contribution is -2.21. The van der Waals surface area contributed by atoms with Gasteiger partial charge in [-0.3, -0.25) is 4.79 Å². The van der Waals surface area contributed by atoms with Gasteiger partial charge in [0, 0.05) is 22.8 Å². The molecule has 0 fully saturated rings. The first-order valence-corrected chi connectivity index (χ1v) is 7.58. The van der Waals surface area contributed by atoms with E-state index in [1.165, 1.54) is 0 Å². The molecule has 0 unspecified atom stereocenters. The number of fused-ring (bicyclic) bond motifs is 1. The summed E-state index contributed by atoms with van der Waals surface area (Å²) in [5.74, 6) is -1.90. The fourth-order valence-electron chi connectivity index (χ4n) is 2.50. The molecular weight excluding hydrogens is 327 g/mol. The number of carbonyl (C=O) groups is 1. The molecule has 25 heavy (non-hydrogen) atoms. The number of carbonyl (C=O) groups excluding carboxylic acids is 1. The Labute approximate surface area is 142 Å². The van der Waals surface area contributed by atoms with Crippen LogP contribution in [0.25, 0.3) is 16.5 Å². The number of rotatable bonds is 4. The Morgan fingerprint density at radius 3 is 2.20 bits per heavy atom. The van der Waals surface area contributed by atoms with Crippen LogP contribution in [0.5, 0.6) is 0 Å². The molecule has 0 saturated carbocycles. The molecule has 0 aromatic heterocycles. The number of allylic oxidation sites excluding steroid dienone is 1. The van der Waals surface area contributed by atoms with Crippen molar-refractivity contribution in [2.75, 3.05) is 5.32 Å². The maximum atomic E-state index is 12.7. The van der Waals surface area contributed by atoms with Crippen LogP contribution in [0.4, 0.5) is 18.9 Å². The van der Waals surface area contributed by atoms with E-state index in [9.17, 15) is 18.0 Å². The van der Waals surface area contributed by atoms with Crippen molar-refractivity contribution < 1.29 is 18.0 Å². The van der Waals surface area contributed by atoms with Crippen molar-refractivity contribution >= 4 is 27.9 Å². The van der Waals surface area contributed by atoms with Gasteiger partial charge in [-0.1, -0.05) is 66.7 Å². The van der Waals surface area contributed by atoms with Gasteiger partial charge in [0.25, 0.3) is 5.78 Å². The normalized spacial score (nSPS) is 12.2. The summed E-state index contributed by atoms with van der Waals surface area (Å²) in [7, 11) is 0. The molecule has 0 atom stereocenters. The van der Waals surface area contributed by atoms with E-state index in [0.717, 1.165) is 10.8 Å². The summed E-state index contributed by atoms with van der Waals surface area (Å²) in [6, 6.07) is 21.4. The van der Waals surface area contributed by atoms with E-state index >= 15 is 0 Å². The van der Waals surface area contributed by atoms with Crippen LogP contribution in [0.15, 0.2) is 78.9 Å². The number of nitrogens with one attached hydrogen (secondary N) is 1. The van der Waals surface area contributed by atoms with E-state index in [0.29, 0.717) is 17.3 Å².